The van der Waals surface area contributed by atoms with E-state index in [1.165, 1.54) is 9.13 Å². The van der Waals surface area contributed by atoms with Gasteiger partial charge in [-0.25, -0.2) is 14.6 Å². The molecule has 0 fully saturated rings. The number of rotatable bonds is 13. The maximum absolute atomic E-state index is 12.8. The number of ether oxygens (including phenoxy) is 2. The fourth-order valence-corrected chi connectivity index (χ4v) is 4.55. The normalized spacial score (nSPS) is 10.8. The summed E-state index contributed by atoms with van der Waals surface area (Å²) in [5.41, 5.74) is 6.71. The molecule has 2 heterocycles. The van der Waals surface area contributed by atoms with E-state index in [9.17, 15) is 24.0 Å². The Labute approximate surface area is 265 Å². The molecule has 0 saturated heterocycles. The van der Waals surface area contributed by atoms with Gasteiger partial charge in [-0.15, -0.1) is 0 Å². The number of primary amides is 1. The number of likely N-dealkylation sites (N-methyl/N-ethyl adjacent to an activating group) is 1. The fourth-order valence-electron chi connectivity index (χ4n) is 4.55. The number of aryl methyl sites for hydroxylation is 1. The van der Waals surface area contributed by atoms with Gasteiger partial charge in [0.15, 0.2) is 12.3 Å². The third-order valence-electron chi connectivity index (χ3n) is 6.67. The van der Waals surface area contributed by atoms with E-state index < -0.39 is 24.1 Å². The Bertz CT molecular complexity index is 1760. The van der Waals surface area contributed by atoms with Crippen LogP contribution < -0.4 is 21.7 Å². The molecule has 0 aliphatic rings. The maximum atomic E-state index is 12.8. The molecule has 1 amide bonds. The molecule has 0 spiro atoms. The van der Waals surface area contributed by atoms with Crippen molar-refractivity contribution in [2.45, 2.75) is 60.2 Å². The van der Waals surface area contributed by atoms with E-state index in [0.29, 0.717) is 48.8 Å². The highest BCUT2D eigenvalue weighted by Gasteiger charge is 2.17. The minimum atomic E-state index is -0.786. The summed E-state index contributed by atoms with van der Waals surface area (Å²) in [5.74, 6) is -0.728. The highest BCUT2D eigenvalue weighted by molar-refractivity contribution is 5.85. The molecule has 2 aromatic heterocycles. The molecule has 246 valence electrons. The van der Waals surface area contributed by atoms with Crippen LogP contribution in [0.2, 0.25) is 0 Å². The molecule has 46 heavy (non-hydrogen) atoms. The summed E-state index contributed by atoms with van der Waals surface area (Å²) < 4.78 is 12.4. The highest BCUT2D eigenvalue weighted by Crippen LogP contribution is 2.22. The molecular formula is C32H40N6O8. The zero-order valence-corrected chi connectivity index (χ0v) is 26.4. The summed E-state index contributed by atoms with van der Waals surface area (Å²) in [6.07, 6.45) is 1.38. The van der Waals surface area contributed by atoms with E-state index in [4.69, 9.17) is 15.6 Å². The molecule has 0 saturated carbocycles. The predicted molar refractivity (Wildman–Crippen MR) is 171 cm³/mol. The molecule has 4 aromatic rings. The van der Waals surface area contributed by atoms with Crippen LogP contribution in [0.1, 0.15) is 46.1 Å². The number of hydrogen-bond acceptors (Lipinski definition) is 10. The lowest BCUT2D eigenvalue weighted by Crippen LogP contribution is -2.40. The van der Waals surface area contributed by atoms with Gasteiger partial charge in [0.2, 0.25) is 5.91 Å². The van der Waals surface area contributed by atoms with Gasteiger partial charge in [0.25, 0.3) is 5.56 Å². The second-order valence-electron chi connectivity index (χ2n) is 10.4. The molecule has 0 unspecified atom stereocenters. The van der Waals surface area contributed by atoms with Crippen molar-refractivity contribution in [1.82, 2.24) is 24.0 Å². The number of nitrogens with one attached hydrogen (secondary N) is 1. The number of benzene rings is 2. The Morgan fingerprint density at radius 2 is 1.59 bits per heavy atom. The summed E-state index contributed by atoms with van der Waals surface area (Å²) in [6.45, 7) is 9.05. The molecule has 0 bridgehead atoms. The number of carbonyl (C=O) groups is 3. The first-order chi connectivity index (χ1) is 22.0. The fraction of sp³-hybridized carbons (Fsp3) is 0.375. The molecule has 4 rings (SSSR count). The number of phenols is 1. The van der Waals surface area contributed by atoms with Gasteiger partial charge in [-0.1, -0.05) is 32.9 Å². The molecule has 0 atom stereocenters. The predicted octanol–water partition coefficient (Wildman–Crippen LogP) is 2.54. The molecule has 0 aliphatic carbocycles. The van der Waals surface area contributed by atoms with Gasteiger partial charge in [-0.3, -0.25) is 28.4 Å². The number of amides is 1. The lowest BCUT2D eigenvalue weighted by atomic mass is 10.2. The van der Waals surface area contributed by atoms with Crippen LogP contribution in [0.5, 0.6) is 11.5 Å². The Balaban J connectivity index is 0.000000322. The van der Waals surface area contributed by atoms with E-state index in [1.54, 1.807) is 36.4 Å². The molecule has 2 aromatic carbocycles. The van der Waals surface area contributed by atoms with E-state index in [1.807, 2.05) is 37.8 Å². The summed E-state index contributed by atoms with van der Waals surface area (Å²) in [5, 5.41) is 9.11. The number of hydrogen-bond donors (Lipinski definition) is 3. The van der Waals surface area contributed by atoms with E-state index in [2.05, 4.69) is 14.7 Å². The number of aromatic hydroxyl groups is 1. The number of aromatic amines is 1. The maximum Gasteiger partial charge on any atom is 0.351 e. The molecule has 4 N–H and O–H groups in total. The number of carbonyl (C=O) groups excluding carboxylic acids is 3. The third-order valence-corrected chi connectivity index (χ3v) is 6.67. The number of aromatic nitrogens is 4. The van der Waals surface area contributed by atoms with Gasteiger partial charge in [0.1, 0.15) is 22.8 Å². The second-order valence-corrected chi connectivity index (χ2v) is 10.4. The number of fused-ring (bicyclic) bond motifs is 1. The first-order valence-electron chi connectivity index (χ1n) is 14.9. The molecule has 0 radical (unpaired) electrons. The highest BCUT2D eigenvalue weighted by atomic mass is 16.6. The van der Waals surface area contributed by atoms with Gasteiger partial charge >= 0.3 is 17.6 Å². The average molecular weight is 637 g/mol. The zero-order chi connectivity index (χ0) is 33.8. The minimum Gasteiger partial charge on any atom is -0.508 e. The van der Waals surface area contributed by atoms with Crippen molar-refractivity contribution in [1.29, 1.82) is 0 Å². The summed E-state index contributed by atoms with van der Waals surface area (Å²) in [7, 11) is 0. The standard InChI is InChI=1S/C21H24N4O6.C11H16N2O2/c1-4-10-24-19-17(20(28)25(11-5-2)21(24)29)22-18(23-19)14-6-8-15(9-7-14)30-12-16(27)31-13(3)26;1-2-13(8-11(12)15)7-9-3-5-10(14)6-4-9/h6-9H,4-5,10-12H2,1-3H3,(H,22,23);3-6,14H,2,7-8H2,1H3,(H2,12,15). The lowest BCUT2D eigenvalue weighted by Gasteiger charge is -2.18. The quantitative estimate of drug-likeness (QED) is 0.145. The van der Waals surface area contributed by atoms with E-state index in [-0.39, 0.29) is 29.4 Å². The Hall–Kier alpha value is -5.24. The SMILES string of the molecule is CCCn1c(=O)c2[nH]c(-c3ccc(OCC(=O)OC(C)=O)cc3)nc2n(CCC)c1=O.CCN(CC(N)=O)Cc1ccc(O)cc1. The van der Waals surface area contributed by atoms with E-state index in [0.717, 1.165) is 25.5 Å². The molecular weight excluding hydrogens is 596 g/mol. The van der Waals surface area contributed by atoms with Gasteiger partial charge in [-0.2, -0.15) is 0 Å². The number of imidazole rings is 1. The second kappa shape index (κ2) is 16.7. The largest absolute Gasteiger partial charge is 0.508 e. The molecule has 14 heteroatoms. The zero-order valence-electron chi connectivity index (χ0n) is 26.4. The van der Waals surface area contributed by atoms with Gasteiger partial charge < -0.3 is 25.3 Å². The van der Waals surface area contributed by atoms with Crippen molar-refractivity contribution in [3.63, 3.8) is 0 Å². The molecule has 14 nitrogen and oxygen atoms in total. The van der Waals surface area contributed by atoms with Crippen molar-refractivity contribution in [2.24, 2.45) is 5.73 Å². The van der Waals surface area contributed by atoms with Crippen molar-refractivity contribution in [3.8, 4) is 22.9 Å². The first-order valence-corrected chi connectivity index (χ1v) is 14.9. The van der Waals surface area contributed by atoms with Crippen LogP contribution in [-0.4, -0.2) is 66.7 Å². The number of nitrogens with zero attached hydrogens (tertiary/aromatic N) is 4. The Morgan fingerprint density at radius 3 is 2.15 bits per heavy atom. The summed E-state index contributed by atoms with van der Waals surface area (Å²) >= 11 is 0. The number of H-pyrrole nitrogens is 1. The summed E-state index contributed by atoms with van der Waals surface area (Å²) in [4.78, 5) is 68.0. The van der Waals surface area contributed by atoms with Gasteiger partial charge in [0.05, 0.1) is 6.54 Å². The average Bonchev–Trinajstić information content (AvgIpc) is 3.47. The van der Waals surface area contributed by atoms with Crippen molar-refractivity contribution in [2.75, 3.05) is 19.7 Å². The number of esters is 2. The van der Waals surface area contributed by atoms with Gasteiger partial charge in [0, 0.05) is 32.1 Å². The first kappa shape index (κ1) is 35.2. The van der Waals surface area contributed by atoms with Crippen LogP contribution in [0.15, 0.2) is 58.1 Å². The van der Waals surface area contributed by atoms with Crippen LogP contribution in [0, 0.1) is 0 Å². The Kier molecular flexibility index (Phi) is 12.8. The van der Waals surface area contributed by atoms with Crippen LogP contribution >= 0.6 is 0 Å². The monoisotopic (exact) mass is 636 g/mol. The van der Waals surface area contributed by atoms with E-state index >= 15 is 0 Å². The van der Waals surface area contributed by atoms with Crippen LogP contribution in [0.25, 0.3) is 22.6 Å². The Morgan fingerprint density at radius 1 is 0.957 bits per heavy atom. The molecule has 0 aliphatic heterocycles. The smallest absolute Gasteiger partial charge is 0.351 e. The number of phenolic OH excluding ortho intramolecular Hbond substituents is 1. The number of nitrogens with two attached hydrogens (primary N) is 1. The summed E-state index contributed by atoms with van der Waals surface area (Å²) in [6, 6.07) is 13.6. The van der Waals surface area contributed by atoms with Crippen molar-refractivity contribution >= 4 is 29.0 Å². The van der Waals surface area contributed by atoms with Crippen LogP contribution in [0.4, 0.5) is 0 Å². The third kappa shape index (κ3) is 9.63. The minimum absolute atomic E-state index is 0.247. The lowest BCUT2D eigenvalue weighted by molar-refractivity contribution is -0.159. The van der Waals surface area contributed by atoms with Gasteiger partial charge in [-0.05, 0) is 61.3 Å². The van der Waals surface area contributed by atoms with Crippen molar-refractivity contribution in [3.05, 3.63) is 74.9 Å². The topological polar surface area (TPSA) is 192 Å². The van der Waals surface area contributed by atoms with Crippen molar-refractivity contribution < 1.29 is 29.0 Å². The van der Waals surface area contributed by atoms with Crippen LogP contribution in [-0.2, 0) is 38.8 Å². The van der Waals surface area contributed by atoms with Crippen LogP contribution in [0.3, 0.4) is 0 Å².